The quantitative estimate of drug-likeness (QED) is 0.0378. The van der Waals surface area contributed by atoms with Gasteiger partial charge in [0.1, 0.15) is 0 Å². The molecule has 0 aromatic rings. The molecule has 270 valence electrons. The van der Waals surface area contributed by atoms with Crippen molar-refractivity contribution in [2.75, 3.05) is 26.4 Å². The highest BCUT2D eigenvalue weighted by Gasteiger charge is 2.14. The highest BCUT2D eigenvalue weighted by atomic mass is 16.5. The zero-order valence-electron chi connectivity index (χ0n) is 30.7. The summed E-state index contributed by atoms with van der Waals surface area (Å²) in [5.74, 6) is 0. The van der Waals surface area contributed by atoms with Gasteiger partial charge in [-0.2, -0.15) is 0 Å². The Morgan fingerprint density at radius 1 is 0.457 bits per heavy atom. The molecule has 0 heterocycles. The summed E-state index contributed by atoms with van der Waals surface area (Å²) in [5.41, 5.74) is 0. The van der Waals surface area contributed by atoms with Crippen molar-refractivity contribution >= 4 is 12.8 Å². The predicted molar refractivity (Wildman–Crippen MR) is 198 cm³/mol. The third-order valence-corrected chi connectivity index (χ3v) is 8.80. The lowest BCUT2D eigenvalue weighted by Crippen LogP contribution is -2.35. The minimum absolute atomic E-state index is 0.257. The maximum Gasteiger partial charge on any atom is 0.216 e. The zero-order valence-corrected chi connectivity index (χ0v) is 30.7. The largest absolute Gasteiger partial charge is 0.379 e. The first-order chi connectivity index (χ1) is 22.8. The molecule has 5 heteroatoms. The number of allylic oxidation sites excluding steroid dienone is 4. The number of carbonyl (C=O) groups excluding carboxylic acids is 2. The maximum atomic E-state index is 11.1. The number of nitrogens with zero attached hydrogens (tertiary/aromatic N) is 1. The molecule has 0 aromatic carbocycles. The van der Waals surface area contributed by atoms with Crippen molar-refractivity contribution in [2.24, 2.45) is 0 Å². The first-order valence-corrected chi connectivity index (χ1v) is 19.9. The average molecular weight is 648 g/mol. The molecule has 1 unspecified atom stereocenters. The molecule has 0 saturated carbocycles. The summed E-state index contributed by atoms with van der Waals surface area (Å²) < 4.78 is 11.9. The topological polar surface area (TPSA) is 55.8 Å². The van der Waals surface area contributed by atoms with Crippen LogP contribution in [0.3, 0.4) is 0 Å². The van der Waals surface area contributed by atoms with Crippen LogP contribution in [0, 0.1) is 0 Å². The van der Waals surface area contributed by atoms with Crippen molar-refractivity contribution in [2.45, 2.75) is 200 Å². The molecule has 0 fully saturated rings. The Morgan fingerprint density at radius 3 is 1.20 bits per heavy atom. The lowest BCUT2D eigenvalue weighted by atomic mass is 10.1. The van der Waals surface area contributed by atoms with Crippen molar-refractivity contribution in [1.29, 1.82) is 0 Å². The van der Waals surface area contributed by atoms with Crippen molar-refractivity contribution < 1.29 is 19.1 Å². The maximum absolute atomic E-state index is 11.1. The molecule has 0 saturated heterocycles. The number of hydrogen-bond donors (Lipinski definition) is 0. The van der Waals surface area contributed by atoms with E-state index in [1.54, 1.807) is 0 Å². The fourth-order valence-corrected chi connectivity index (χ4v) is 5.77. The number of ether oxygens (including phenoxy) is 2. The van der Waals surface area contributed by atoms with E-state index in [9.17, 15) is 9.59 Å². The summed E-state index contributed by atoms with van der Waals surface area (Å²) in [6, 6.07) is 0. The number of hydrogen-bond acceptors (Lipinski definition) is 4. The van der Waals surface area contributed by atoms with Crippen molar-refractivity contribution in [3.63, 3.8) is 0 Å². The van der Waals surface area contributed by atoms with Gasteiger partial charge in [0.2, 0.25) is 12.8 Å². The molecule has 0 aromatic heterocycles. The van der Waals surface area contributed by atoms with E-state index in [2.05, 4.69) is 38.2 Å². The van der Waals surface area contributed by atoms with Gasteiger partial charge >= 0.3 is 0 Å². The molecule has 1 atom stereocenters. The van der Waals surface area contributed by atoms with Crippen LogP contribution in [-0.4, -0.2) is 50.2 Å². The third kappa shape index (κ3) is 35.4. The normalized spacial score (nSPS) is 12.4. The molecule has 46 heavy (non-hydrogen) atoms. The fourth-order valence-electron chi connectivity index (χ4n) is 5.77. The van der Waals surface area contributed by atoms with Crippen LogP contribution in [0.1, 0.15) is 194 Å². The minimum atomic E-state index is -0.257. The van der Waals surface area contributed by atoms with Gasteiger partial charge < -0.3 is 9.47 Å². The number of amides is 2. The monoisotopic (exact) mass is 648 g/mol. The number of rotatable bonds is 39. The zero-order chi connectivity index (χ0) is 33.4. The van der Waals surface area contributed by atoms with Crippen LogP contribution in [0.25, 0.3) is 0 Å². The molecule has 0 N–H and O–H groups in total. The molecule has 0 rings (SSSR count). The molecule has 0 bridgehead atoms. The van der Waals surface area contributed by atoms with E-state index < -0.39 is 0 Å². The van der Waals surface area contributed by atoms with Gasteiger partial charge in [-0.25, -0.2) is 0 Å². The molecule has 0 spiro atoms. The standard InChI is InChI=1S/C41H77NO4/c1-3-5-7-9-11-13-15-17-19-21-23-25-27-29-31-33-35-45-38-41(37-42(39-43)40-44)46-36-34-32-30-28-26-24-22-20-18-16-14-12-10-8-6-4-2/h17-20,39-41H,3-16,21-38H2,1-2H3/b19-17-,20-18-. The Kier molecular flexibility index (Phi) is 38.5. The van der Waals surface area contributed by atoms with Gasteiger partial charge in [-0.05, 0) is 64.2 Å². The third-order valence-electron chi connectivity index (χ3n) is 8.80. The number of carbonyl (C=O) groups is 2. The summed E-state index contributed by atoms with van der Waals surface area (Å²) in [4.78, 5) is 23.4. The Morgan fingerprint density at radius 2 is 0.804 bits per heavy atom. The summed E-state index contributed by atoms with van der Waals surface area (Å²) in [7, 11) is 0. The van der Waals surface area contributed by atoms with Crippen LogP contribution >= 0.6 is 0 Å². The number of imide groups is 1. The molecule has 5 nitrogen and oxygen atoms in total. The molecule has 2 amide bonds. The van der Waals surface area contributed by atoms with Gasteiger partial charge in [0.15, 0.2) is 0 Å². The van der Waals surface area contributed by atoms with E-state index in [-0.39, 0.29) is 12.6 Å². The fraction of sp³-hybridized carbons (Fsp3) is 0.854. The summed E-state index contributed by atoms with van der Waals surface area (Å²) in [6.45, 7) is 6.58. The smallest absolute Gasteiger partial charge is 0.216 e. The van der Waals surface area contributed by atoms with Crippen LogP contribution in [0.2, 0.25) is 0 Å². The Bertz CT molecular complexity index is 657. The second-order valence-electron chi connectivity index (χ2n) is 13.4. The van der Waals surface area contributed by atoms with Gasteiger partial charge in [-0.15, -0.1) is 0 Å². The van der Waals surface area contributed by atoms with E-state index >= 15 is 0 Å². The van der Waals surface area contributed by atoms with Crippen LogP contribution in [-0.2, 0) is 19.1 Å². The van der Waals surface area contributed by atoms with Gasteiger partial charge in [0, 0.05) is 13.2 Å². The van der Waals surface area contributed by atoms with E-state index in [1.165, 1.54) is 161 Å². The van der Waals surface area contributed by atoms with E-state index in [0.717, 1.165) is 24.2 Å². The van der Waals surface area contributed by atoms with Gasteiger partial charge in [-0.1, -0.05) is 154 Å². The van der Waals surface area contributed by atoms with Gasteiger partial charge in [-0.3, -0.25) is 14.5 Å². The predicted octanol–water partition coefficient (Wildman–Crippen LogP) is 12.1. The van der Waals surface area contributed by atoms with E-state index in [0.29, 0.717) is 32.6 Å². The molecule has 0 aliphatic rings. The van der Waals surface area contributed by atoms with Crippen LogP contribution in [0.15, 0.2) is 24.3 Å². The Hall–Kier alpha value is -1.46. The van der Waals surface area contributed by atoms with Crippen molar-refractivity contribution in [1.82, 2.24) is 4.90 Å². The second-order valence-corrected chi connectivity index (χ2v) is 13.4. The summed E-state index contributed by atoms with van der Waals surface area (Å²) in [5, 5.41) is 0. The second kappa shape index (κ2) is 39.7. The lowest BCUT2D eigenvalue weighted by molar-refractivity contribution is -0.132. The van der Waals surface area contributed by atoms with Gasteiger partial charge in [0.05, 0.1) is 19.3 Å². The van der Waals surface area contributed by atoms with Crippen LogP contribution in [0.4, 0.5) is 0 Å². The van der Waals surface area contributed by atoms with Crippen molar-refractivity contribution in [3.05, 3.63) is 24.3 Å². The van der Waals surface area contributed by atoms with Crippen LogP contribution in [0.5, 0.6) is 0 Å². The Balaban J connectivity index is 3.72. The van der Waals surface area contributed by atoms with Gasteiger partial charge in [0.25, 0.3) is 0 Å². The van der Waals surface area contributed by atoms with E-state index in [4.69, 9.17) is 9.47 Å². The molecule has 0 aliphatic carbocycles. The number of unbranched alkanes of at least 4 members (excludes halogenated alkanes) is 24. The molecular weight excluding hydrogens is 570 g/mol. The molecular formula is C41H77NO4. The van der Waals surface area contributed by atoms with Crippen molar-refractivity contribution in [3.8, 4) is 0 Å². The lowest BCUT2D eigenvalue weighted by Gasteiger charge is -2.21. The summed E-state index contributed by atoms with van der Waals surface area (Å²) in [6.07, 6.45) is 46.4. The molecule has 0 radical (unpaired) electrons. The summed E-state index contributed by atoms with van der Waals surface area (Å²) >= 11 is 0. The van der Waals surface area contributed by atoms with E-state index in [1.807, 2.05) is 0 Å². The molecule has 0 aliphatic heterocycles. The first kappa shape index (κ1) is 44.5. The SMILES string of the molecule is CCCCCCCC/C=C\CCCCCCCCOCC(CN(C=O)C=O)OCCCCCCCC/C=C\CCCCCCCC. The van der Waals surface area contributed by atoms with Crippen LogP contribution < -0.4 is 0 Å². The highest BCUT2D eigenvalue weighted by molar-refractivity contribution is 5.68. The highest BCUT2D eigenvalue weighted by Crippen LogP contribution is 2.12. The minimum Gasteiger partial charge on any atom is -0.379 e. The Labute approximate surface area is 286 Å². The first-order valence-electron chi connectivity index (χ1n) is 19.9. The average Bonchev–Trinajstić information content (AvgIpc) is 3.07.